The molecule has 1 aromatic carbocycles. The van der Waals surface area contributed by atoms with Crippen LogP contribution in [0.25, 0.3) is 26.1 Å². The molecule has 0 saturated heterocycles. The number of pyridine rings is 2. The molecule has 0 unspecified atom stereocenters. The van der Waals surface area contributed by atoms with E-state index in [1.807, 2.05) is 24.3 Å². The van der Waals surface area contributed by atoms with Gasteiger partial charge in [-0.1, -0.05) is 12.1 Å². The molecule has 7 heteroatoms. The molecule has 0 atom stereocenters. The van der Waals surface area contributed by atoms with Gasteiger partial charge in [0.15, 0.2) is 0 Å². The van der Waals surface area contributed by atoms with Crippen LogP contribution in [0.1, 0.15) is 17.3 Å². The molecule has 0 aliphatic carbocycles. The Balaban J connectivity index is 2.29. The van der Waals surface area contributed by atoms with Crippen molar-refractivity contribution in [3.63, 3.8) is 0 Å². The molecule has 0 amide bonds. The van der Waals surface area contributed by atoms with E-state index in [0.717, 1.165) is 22.5 Å². The minimum absolute atomic E-state index is 0.0547. The van der Waals surface area contributed by atoms with Crippen LogP contribution in [0.2, 0.25) is 0 Å². The molecule has 0 saturated carbocycles. The van der Waals surface area contributed by atoms with Gasteiger partial charge in [0.1, 0.15) is 21.9 Å². The second kappa shape index (κ2) is 5.38. The Labute approximate surface area is 138 Å². The molecule has 0 bridgehead atoms. The minimum Gasteiger partial charge on any atom is -0.462 e. The fourth-order valence-electron chi connectivity index (χ4n) is 2.75. The highest BCUT2D eigenvalue weighted by molar-refractivity contribution is 7.24. The molecule has 0 N–H and O–H groups in total. The monoisotopic (exact) mass is 342 g/mol. The Morgan fingerprint density at radius 2 is 2.17 bits per heavy atom. The van der Waals surface area contributed by atoms with Crippen molar-refractivity contribution in [2.45, 2.75) is 6.92 Å². The van der Waals surface area contributed by atoms with E-state index in [-0.39, 0.29) is 17.6 Å². The summed E-state index contributed by atoms with van der Waals surface area (Å²) in [6, 6.07) is 8.58. The molecule has 0 fully saturated rings. The molecule has 3 heterocycles. The number of rotatable bonds is 2. The number of benzene rings is 1. The van der Waals surface area contributed by atoms with Crippen molar-refractivity contribution in [2.75, 3.05) is 6.61 Å². The highest BCUT2D eigenvalue weighted by Gasteiger charge is 2.23. The lowest BCUT2D eigenvalue weighted by Gasteiger charge is -2.07. The normalized spacial score (nSPS) is 11.4. The number of hydrogen-bond acceptors (Lipinski definition) is 5. The van der Waals surface area contributed by atoms with Gasteiger partial charge in [-0.05, 0) is 25.1 Å². The lowest BCUT2D eigenvalue weighted by molar-refractivity contribution is 0.0527. The maximum absolute atomic E-state index is 13.6. The van der Waals surface area contributed by atoms with Crippen LogP contribution >= 0.6 is 11.3 Å². The standard InChI is InChI=1S/C17H11FN2O3S/c1-2-23-17(22)13-14(21)10-7-9(18)8-19-15(10)20-11-5-3-4-6-12(11)24-16(13)20/h3-8H,2H2,1H3. The molecule has 120 valence electrons. The number of carbonyl (C=O) groups excluding carboxylic acids is 1. The summed E-state index contributed by atoms with van der Waals surface area (Å²) in [5.74, 6) is -1.34. The Kier molecular flexibility index (Phi) is 3.31. The summed E-state index contributed by atoms with van der Waals surface area (Å²) in [5, 5.41) is 0.0547. The Morgan fingerprint density at radius 3 is 2.96 bits per heavy atom. The number of para-hydroxylation sites is 1. The van der Waals surface area contributed by atoms with Gasteiger partial charge in [0.05, 0.1) is 28.4 Å². The van der Waals surface area contributed by atoms with E-state index in [1.165, 1.54) is 11.3 Å². The molecule has 0 radical (unpaired) electrons. The average molecular weight is 342 g/mol. The zero-order chi connectivity index (χ0) is 16.8. The predicted molar refractivity (Wildman–Crippen MR) is 90.3 cm³/mol. The van der Waals surface area contributed by atoms with Gasteiger partial charge in [-0.25, -0.2) is 14.2 Å². The van der Waals surface area contributed by atoms with Crippen LogP contribution in [0.3, 0.4) is 0 Å². The molecular weight excluding hydrogens is 331 g/mol. The second-order valence-corrected chi connectivity index (χ2v) is 6.19. The number of carbonyl (C=O) groups is 1. The van der Waals surface area contributed by atoms with Gasteiger partial charge in [-0.2, -0.15) is 0 Å². The number of halogens is 1. The summed E-state index contributed by atoms with van der Waals surface area (Å²) < 4.78 is 21.2. The van der Waals surface area contributed by atoms with Gasteiger partial charge < -0.3 is 4.74 Å². The van der Waals surface area contributed by atoms with Gasteiger partial charge in [0, 0.05) is 0 Å². The molecule has 4 aromatic rings. The fourth-order valence-corrected chi connectivity index (χ4v) is 3.93. The number of esters is 1. The number of hydrogen-bond donors (Lipinski definition) is 0. The van der Waals surface area contributed by atoms with Gasteiger partial charge >= 0.3 is 5.97 Å². The van der Waals surface area contributed by atoms with Gasteiger partial charge in [-0.15, -0.1) is 11.3 Å². The van der Waals surface area contributed by atoms with Crippen molar-refractivity contribution in [1.29, 1.82) is 0 Å². The largest absolute Gasteiger partial charge is 0.462 e. The van der Waals surface area contributed by atoms with Crippen molar-refractivity contribution < 1.29 is 13.9 Å². The van der Waals surface area contributed by atoms with E-state index < -0.39 is 17.2 Å². The number of nitrogens with zero attached hydrogens (tertiary/aromatic N) is 2. The van der Waals surface area contributed by atoms with Crippen molar-refractivity contribution in [3.05, 3.63) is 58.1 Å². The molecule has 0 aliphatic heterocycles. The van der Waals surface area contributed by atoms with Crippen LogP contribution in [0, 0.1) is 5.82 Å². The zero-order valence-corrected chi connectivity index (χ0v) is 13.4. The molecule has 5 nitrogen and oxygen atoms in total. The van der Waals surface area contributed by atoms with E-state index in [0.29, 0.717) is 10.5 Å². The highest BCUT2D eigenvalue weighted by Crippen LogP contribution is 2.30. The zero-order valence-electron chi connectivity index (χ0n) is 12.6. The lowest BCUT2D eigenvalue weighted by atomic mass is 10.2. The summed E-state index contributed by atoms with van der Waals surface area (Å²) in [7, 11) is 0. The van der Waals surface area contributed by atoms with Crippen LogP contribution in [0.5, 0.6) is 0 Å². The summed E-state index contributed by atoms with van der Waals surface area (Å²) in [6.45, 7) is 1.81. The SMILES string of the molecule is CCOC(=O)c1c(=O)c2cc(F)cnc2n2c1sc1ccccc12. The van der Waals surface area contributed by atoms with E-state index in [4.69, 9.17) is 4.74 Å². The summed E-state index contributed by atoms with van der Waals surface area (Å²) in [6.07, 6.45) is 1.06. The molecular formula is C17H11FN2O3S. The first kappa shape index (κ1) is 14.8. The van der Waals surface area contributed by atoms with Crippen LogP contribution in [0.4, 0.5) is 4.39 Å². The van der Waals surface area contributed by atoms with Gasteiger partial charge in [-0.3, -0.25) is 9.20 Å². The first-order chi connectivity index (χ1) is 11.6. The molecule has 24 heavy (non-hydrogen) atoms. The predicted octanol–water partition coefficient (Wildman–Crippen LogP) is 3.38. The fraction of sp³-hybridized carbons (Fsp3) is 0.118. The number of fused-ring (bicyclic) bond motifs is 5. The first-order valence-electron chi connectivity index (χ1n) is 7.30. The van der Waals surface area contributed by atoms with Gasteiger partial charge in [0.25, 0.3) is 0 Å². The van der Waals surface area contributed by atoms with Crippen LogP contribution in [-0.2, 0) is 4.74 Å². The number of thiazole rings is 1. The van der Waals surface area contributed by atoms with E-state index in [1.54, 1.807) is 11.3 Å². The Morgan fingerprint density at radius 1 is 1.38 bits per heavy atom. The molecule has 0 aliphatic rings. The third kappa shape index (κ3) is 2.01. The first-order valence-corrected chi connectivity index (χ1v) is 8.12. The average Bonchev–Trinajstić information content (AvgIpc) is 2.94. The third-order valence-electron chi connectivity index (χ3n) is 3.73. The van der Waals surface area contributed by atoms with Crippen LogP contribution in [0.15, 0.2) is 41.3 Å². The van der Waals surface area contributed by atoms with Crippen molar-refractivity contribution in [1.82, 2.24) is 9.38 Å². The summed E-state index contributed by atoms with van der Waals surface area (Å²) in [5.41, 5.74) is 0.467. The quantitative estimate of drug-likeness (QED) is 0.524. The summed E-state index contributed by atoms with van der Waals surface area (Å²) in [4.78, 5) is 29.6. The van der Waals surface area contributed by atoms with Crippen LogP contribution in [-0.4, -0.2) is 22.0 Å². The molecule has 4 rings (SSSR count). The lowest BCUT2D eigenvalue weighted by Crippen LogP contribution is -2.20. The smallest absolute Gasteiger partial charge is 0.345 e. The highest BCUT2D eigenvalue weighted by atomic mass is 32.1. The maximum Gasteiger partial charge on any atom is 0.345 e. The Bertz CT molecular complexity index is 1180. The summed E-state index contributed by atoms with van der Waals surface area (Å²) >= 11 is 1.30. The minimum atomic E-state index is -0.710. The topological polar surface area (TPSA) is 60.7 Å². The van der Waals surface area contributed by atoms with Crippen LogP contribution < -0.4 is 5.43 Å². The van der Waals surface area contributed by atoms with Crippen molar-refractivity contribution in [3.8, 4) is 0 Å². The van der Waals surface area contributed by atoms with Crippen molar-refractivity contribution in [2.24, 2.45) is 0 Å². The molecule has 3 aromatic heterocycles. The van der Waals surface area contributed by atoms with E-state index >= 15 is 0 Å². The second-order valence-electron chi connectivity index (χ2n) is 5.16. The Hall–Kier alpha value is -2.80. The van der Waals surface area contributed by atoms with E-state index in [9.17, 15) is 14.0 Å². The maximum atomic E-state index is 13.6. The number of ether oxygens (including phenoxy) is 1. The third-order valence-corrected chi connectivity index (χ3v) is 4.87. The molecule has 0 spiro atoms. The van der Waals surface area contributed by atoms with E-state index in [2.05, 4.69) is 4.98 Å². The number of aromatic nitrogens is 2. The van der Waals surface area contributed by atoms with Gasteiger partial charge in [0.2, 0.25) is 5.43 Å². The van der Waals surface area contributed by atoms with Crippen molar-refractivity contribution >= 4 is 43.4 Å².